The van der Waals surface area contributed by atoms with Crippen molar-refractivity contribution < 1.29 is 18.9 Å². The summed E-state index contributed by atoms with van der Waals surface area (Å²) in [5, 5.41) is 5.49. The number of nitrogens with zero attached hydrogens (tertiary/aromatic N) is 1. The quantitative estimate of drug-likeness (QED) is 0.396. The van der Waals surface area contributed by atoms with E-state index >= 15 is 0 Å². The van der Waals surface area contributed by atoms with Crippen LogP contribution in [0, 0.1) is 0 Å². The number of thiocarbonyl (C=S) groups is 1. The normalized spacial score (nSPS) is 14.8. The molecule has 3 aliphatic heterocycles. The fourth-order valence-electron chi connectivity index (χ4n) is 4.55. The maximum absolute atomic E-state index is 5.63. The highest BCUT2D eigenvalue weighted by Crippen LogP contribution is 2.33. The molecule has 3 aromatic carbocycles. The van der Waals surface area contributed by atoms with Gasteiger partial charge >= 0.3 is 0 Å². The highest BCUT2D eigenvalue weighted by molar-refractivity contribution is 7.80. The first-order valence-corrected chi connectivity index (χ1v) is 12.0. The molecule has 1 aromatic heterocycles. The first-order chi connectivity index (χ1) is 17.2. The van der Waals surface area contributed by atoms with Gasteiger partial charge in [0.2, 0.25) is 13.6 Å². The van der Waals surface area contributed by atoms with Gasteiger partial charge in [-0.1, -0.05) is 36.4 Å². The second-order valence-electron chi connectivity index (χ2n) is 8.50. The molecule has 7 nitrogen and oxygen atoms in total. The predicted octanol–water partition coefficient (Wildman–Crippen LogP) is 4.74. The molecule has 0 spiro atoms. The molecule has 0 fully saturated rings. The van der Waals surface area contributed by atoms with Gasteiger partial charge in [-0.25, -0.2) is 0 Å². The van der Waals surface area contributed by atoms with Crippen molar-refractivity contribution in [3.05, 3.63) is 83.6 Å². The van der Waals surface area contributed by atoms with Crippen LogP contribution in [0.2, 0.25) is 0 Å². The summed E-state index contributed by atoms with van der Waals surface area (Å²) in [6, 6.07) is 22.1. The number of fused-ring (bicyclic) bond motifs is 5. The lowest BCUT2D eigenvalue weighted by atomic mass is 10.0. The van der Waals surface area contributed by atoms with Gasteiger partial charge in [0.1, 0.15) is 0 Å². The molecule has 0 saturated heterocycles. The van der Waals surface area contributed by atoms with Crippen molar-refractivity contribution in [1.29, 1.82) is 0 Å². The zero-order valence-electron chi connectivity index (χ0n) is 19.1. The molecule has 0 bridgehead atoms. The van der Waals surface area contributed by atoms with Gasteiger partial charge < -0.3 is 34.1 Å². The number of hydrogen-bond acceptors (Lipinski definition) is 5. The van der Waals surface area contributed by atoms with E-state index in [1.807, 2.05) is 42.5 Å². The van der Waals surface area contributed by atoms with Crippen LogP contribution in [0.15, 0.2) is 66.7 Å². The van der Waals surface area contributed by atoms with Crippen LogP contribution in [0.5, 0.6) is 23.0 Å². The van der Waals surface area contributed by atoms with Gasteiger partial charge in [0.05, 0.1) is 6.54 Å². The summed E-state index contributed by atoms with van der Waals surface area (Å²) < 4.78 is 20.9. The lowest BCUT2D eigenvalue weighted by Crippen LogP contribution is -2.42. The van der Waals surface area contributed by atoms with Crippen LogP contribution in [0.25, 0.3) is 10.9 Å². The van der Waals surface area contributed by atoms with Gasteiger partial charge in [0.15, 0.2) is 28.1 Å². The summed E-state index contributed by atoms with van der Waals surface area (Å²) in [6.07, 6.45) is 1.01. The van der Waals surface area contributed by atoms with E-state index in [0.29, 0.717) is 20.1 Å². The van der Waals surface area contributed by atoms with E-state index in [4.69, 9.17) is 31.2 Å². The summed E-state index contributed by atoms with van der Waals surface area (Å²) in [5.74, 6) is 3.30. The lowest BCUT2D eigenvalue weighted by Gasteiger charge is -2.29. The topological polar surface area (TPSA) is 68.0 Å². The molecule has 0 radical (unpaired) electrons. The van der Waals surface area contributed by atoms with Gasteiger partial charge in [-0.3, -0.25) is 0 Å². The highest BCUT2D eigenvalue weighted by atomic mass is 32.1. The second kappa shape index (κ2) is 9.38. The van der Waals surface area contributed by atoms with Gasteiger partial charge in [0.25, 0.3) is 0 Å². The van der Waals surface area contributed by atoms with Gasteiger partial charge in [-0.2, -0.15) is 0 Å². The summed E-state index contributed by atoms with van der Waals surface area (Å²) >= 11 is 5.63. The Labute approximate surface area is 208 Å². The van der Waals surface area contributed by atoms with Crippen molar-refractivity contribution in [2.75, 3.05) is 20.1 Å². The molecule has 8 heteroatoms. The second-order valence-corrected chi connectivity index (χ2v) is 8.89. The van der Waals surface area contributed by atoms with Gasteiger partial charge in [-0.05, 0) is 60.1 Å². The third-order valence-electron chi connectivity index (χ3n) is 6.33. The summed E-state index contributed by atoms with van der Waals surface area (Å²) in [4.78, 5) is 5.77. The van der Waals surface area contributed by atoms with Gasteiger partial charge in [0, 0.05) is 29.7 Å². The first kappa shape index (κ1) is 21.6. The number of ether oxygens (including phenoxy) is 4. The average molecular weight is 488 g/mol. The number of hydrogen-bond donors (Lipinski definition) is 2. The van der Waals surface area contributed by atoms with Crippen molar-refractivity contribution in [1.82, 2.24) is 15.2 Å². The molecule has 0 unspecified atom stereocenters. The van der Waals surface area contributed by atoms with Crippen LogP contribution in [0.1, 0.15) is 16.8 Å². The van der Waals surface area contributed by atoms with E-state index in [1.165, 1.54) is 22.2 Å². The zero-order chi connectivity index (χ0) is 23.6. The standard InChI is InChI=1S/C20H19N3O2S.C7H6O2/c26-20(21-10-13-5-6-18-19(9-13)25-12-24-18)23-8-7-15-14-3-1-2-4-16(14)22-17(15)11-23;1-2-4-7-6(3-1)8-5-9-7/h1-6,9,22H,7-8,10-12H2,(H,21,26);1-4H,5H2. The van der Waals surface area contributed by atoms with E-state index in [1.54, 1.807) is 0 Å². The number of para-hydroxylation sites is 3. The molecule has 7 rings (SSSR count). The fraction of sp³-hybridized carbons (Fsp3) is 0.222. The zero-order valence-corrected chi connectivity index (χ0v) is 19.9. The third-order valence-corrected chi connectivity index (χ3v) is 6.73. The van der Waals surface area contributed by atoms with Gasteiger partial charge in [-0.15, -0.1) is 0 Å². The average Bonchev–Trinajstić information content (AvgIpc) is 3.64. The number of aromatic nitrogens is 1. The Balaban J connectivity index is 0.000000212. The Morgan fingerprint density at radius 3 is 2.34 bits per heavy atom. The molecule has 3 aliphatic rings. The SMILES string of the molecule is S=C(NCc1ccc2c(c1)OCO2)N1CCc2c([nH]c3ccccc23)C1.c1ccc2c(c1)OCO2. The molecule has 0 aliphatic carbocycles. The molecule has 4 heterocycles. The third kappa shape index (κ3) is 4.44. The Morgan fingerprint density at radius 1 is 0.857 bits per heavy atom. The fourth-order valence-corrected chi connectivity index (χ4v) is 4.78. The van der Waals surface area contributed by atoms with Crippen LogP contribution < -0.4 is 24.3 Å². The van der Waals surface area contributed by atoms with E-state index < -0.39 is 0 Å². The minimum Gasteiger partial charge on any atom is -0.454 e. The molecule has 4 aromatic rings. The maximum atomic E-state index is 5.63. The molecule has 35 heavy (non-hydrogen) atoms. The van der Waals surface area contributed by atoms with Crippen LogP contribution in [0.3, 0.4) is 0 Å². The molecular weight excluding hydrogens is 462 g/mol. The van der Waals surface area contributed by atoms with Crippen LogP contribution in [-0.2, 0) is 19.5 Å². The smallest absolute Gasteiger partial charge is 0.231 e. The summed E-state index contributed by atoms with van der Waals surface area (Å²) in [5.41, 5.74) is 5.03. The number of benzene rings is 3. The van der Waals surface area contributed by atoms with E-state index in [2.05, 4.69) is 39.5 Å². The van der Waals surface area contributed by atoms with Crippen LogP contribution in [-0.4, -0.2) is 35.1 Å². The Kier molecular flexibility index (Phi) is 5.79. The number of nitrogens with one attached hydrogen (secondary N) is 2. The van der Waals surface area contributed by atoms with Crippen molar-refractivity contribution in [2.45, 2.75) is 19.5 Å². The predicted molar refractivity (Wildman–Crippen MR) is 137 cm³/mol. The molecule has 0 amide bonds. The number of H-pyrrole nitrogens is 1. The number of aromatic amines is 1. The van der Waals surface area contributed by atoms with Crippen molar-refractivity contribution in [3.8, 4) is 23.0 Å². The minimum atomic E-state index is 0.297. The summed E-state index contributed by atoms with van der Waals surface area (Å²) in [6.45, 7) is 3.08. The van der Waals surface area contributed by atoms with Crippen molar-refractivity contribution >= 4 is 28.2 Å². The summed E-state index contributed by atoms with van der Waals surface area (Å²) in [7, 11) is 0. The van der Waals surface area contributed by atoms with E-state index in [0.717, 1.165) is 53.2 Å². The van der Waals surface area contributed by atoms with Crippen molar-refractivity contribution in [2.24, 2.45) is 0 Å². The Morgan fingerprint density at radius 2 is 1.54 bits per heavy atom. The lowest BCUT2D eigenvalue weighted by molar-refractivity contribution is 0.173. The highest BCUT2D eigenvalue weighted by Gasteiger charge is 2.22. The van der Waals surface area contributed by atoms with Crippen molar-refractivity contribution in [3.63, 3.8) is 0 Å². The van der Waals surface area contributed by atoms with E-state index in [-0.39, 0.29) is 0 Å². The van der Waals surface area contributed by atoms with E-state index in [9.17, 15) is 0 Å². The molecule has 178 valence electrons. The largest absolute Gasteiger partial charge is 0.454 e. The molecule has 0 atom stereocenters. The monoisotopic (exact) mass is 487 g/mol. The minimum absolute atomic E-state index is 0.297. The van der Waals surface area contributed by atoms with Crippen LogP contribution >= 0.6 is 12.2 Å². The molecular formula is C27H25N3O4S. The molecule has 2 N–H and O–H groups in total. The Bertz CT molecular complexity index is 1360. The van der Waals surface area contributed by atoms with Crippen LogP contribution in [0.4, 0.5) is 0 Å². The Hall–Kier alpha value is -3.91. The first-order valence-electron chi connectivity index (χ1n) is 11.6. The number of rotatable bonds is 2. The maximum Gasteiger partial charge on any atom is 0.231 e. The molecule has 0 saturated carbocycles.